The Balaban J connectivity index is 1.88. The number of halogens is 1. The summed E-state index contributed by atoms with van der Waals surface area (Å²) < 4.78 is 13.0. The van der Waals surface area contributed by atoms with E-state index in [-0.39, 0.29) is 23.9 Å². The summed E-state index contributed by atoms with van der Waals surface area (Å²) in [7, 11) is 0. The topological polar surface area (TPSA) is 49.3 Å². The molecular weight excluding hydrogens is 245 g/mol. The van der Waals surface area contributed by atoms with Gasteiger partial charge in [-0.05, 0) is 35.4 Å². The van der Waals surface area contributed by atoms with Crippen molar-refractivity contribution < 1.29 is 14.3 Å². The molecule has 4 heteroatoms. The molecule has 0 aliphatic heterocycles. The van der Waals surface area contributed by atoms with Crippen LogP contribution in [-0.2, 0) is 17.8 Å². The van der Waals surface area contributed by atoms with E-state index >= 15 is 0 Å². The van der Waals surface area contributed by atoms with E-state index in [0.717, 1.165) is 5.56 Å². The first kappa shape index (κ1) is 13.1. The fourth-order valence-corrected chi connectivity index (χ4v) is 1.76. The number of phenolic OH excluding ortho intramolecular Hbond substituents is 1. The van der Waals surface area contributed by atoms with Gasteiger partial charge in [0.1, 0.15) is 11.6 Å². The Hall–Kier alpha value is -2.36. The van der Waals surface area contributed by atoms with Gasteiger partial charge in [0.25, 0.3) is 0 Å². The average Bonchev–Trinajstić information content (AvgIpc) is 2.36. The van der Waals surface area contributed by atoms with Gasteiger partial charge in [-0.2, -0.15) is 0 Å². The highest BCUT2D eigenvalue weighted by molar-refractivity contribution is 5.78. The first-order chi connectivity index (χ1) is 9.13. The van der Waals surface area contributed by atoms with Crippen LogP contribution in [0.5, 0.6) is 5.75 Å². The lowest BCUT2D eigenvalue weighted by Crippen LogP contribution is -2.24. The molecule has 0 saturated heterocycles. The maximum atomic E-state index is 13.0. The molecular formula is C15H14FNO2. The average molecular weight is 259 g/mol. The molecule has 0 unspecified atom stereocenters. The minimum atomic E-state index is -0.349. The number of carbonyl (C=O) groups excluding carboxylic acids is 1. The summed E-state index contributed by atoms with van der Waals surface area (Å²) in [5.74, 6) is -0.371. The van der Waals surface area contributed by atoms with Crippen LogP contribution in [-0.4, -0.2) is 11.0 Å². The second-order valence-corrected chi connectivity index (χ2v) is 4.25. The molecule has 2 aromatic carbocycles. The zero-order valence-electron chi connectivity index (χ0n) is 10.3. The summed E-state index contributed by atoms with van der Waals surface area (Å²) in [5, 5.41) is 12.0. The number of benzene rings is 2. The number of rotatable bonds is 4. The Labute approximate surface area is 110 Å². The van der Waals surface area contributed by atoms with Crippen LogP contribution in [0.3, 0.4) is 0 Å². The van der Waals surface area contributed by atoms with Crippen LogP contribution in [0.4, 0.5) is 4.39 Å². The van der Waals surface area contributed by atoms with Crippen LogP contribution >= 0.6 is 0 Å². The molecule has 0 bridgehead atoms. The summed E-state index contributed by atoms with van der Waals surface area (Å²) in [6.07, 6.45) is 0.135. The van der Waals surface area contributed by atoms with Gasteiger partial charge in [0, 0.05) is 6.54 Å². The monoisotopic (exact) mass is 259 g/mol. The van der Waals surface area contributed by atoms with Gasteiger partial charge < -0.3 is 10.4 Å². The third-order valence-electron chi connectivity index (χ3n) is 2.65. The van der Waals surface area contributed by atoms with Gasteiger partial charge in [-0.3, -0.25) is 4.79 Å². The number of hydrogen-bond donors (Lipinski definition) is 2. The highest BCUT2D eigenvalue weighted by Crippen LogP contribution is 2.10. The molecule has 0 spiro atoms. The summed E-state index contributed by atoms with van der Waals surface area (Å²) in [4.78, 5) is 11.7. The van der Waals surface area contributed by atoms with Crippen LogP contribution in [0.25, 0.3) is 0 Å². The van der Waals surface area contributed by atoms with E-state index in [1.54, 1.807) is 30.3 Å². The molecule has 0 aromatic heterocycles. The predicted molar refractivity (Wildman–Crippen MR) is 70.1 cm³/mol. The summed E-state index contributed by atoms with van der Waals surface area (Å²) >= 11 is 0. The molecule has 2 rings (SSSR count). The summed E-state index contributed by atoms with van der Waals surface area (Å²) in [5.41, 5.74) is 1.45. The van der Waals surface area contributed by atoms with E-state index < -0.39 is 0 Å². The van der Waals surface area contributed by atoms with Crippen molar-refractivity contribution in [2.75, 3.05) is 0 Å². The molecule has 0 fully saturated rings. The molecule has 0 atom stereocenters. The van der Waals surface area contributed by atoms with Gasteiger partial charge in [0.05, 0.1) is 6.42 Å². The van der Waals surface area contributed by atoms with Crippen molar-refractivity contribution in [2.24, 2.45) is 0 Å². The normalized spacial score (nSPS) is 10.2. The lowest BCUT2D eigenvalue weighted by Gasteiger charge is -2.06. The molecule has 2 N–H and O–H groups in total. The van der Waals surface area contributed by atoms with Gasteiger partial charge in [-0.1, -0.05) is 24.3 Å². The van der Waals surface area contributed by atoms with Crippen molar-refractivity contribution in [3.63, 3.8) is 0 Å². The highest BCUT2D eigenvalue weighted by Gasteiger charge is 2.04. The molecule has 0 saturated carbocycles. The van der Waals surface area contributed by atoms with E-state index in [1.165, 1.54) is 12.1 Å². The van der Waals surface area contributed by atoms with Crippen LogP contribution in [0, 0.1) is 5.82 Å². The lowest BCUT2D eigenvalue weighted by atomic mass is 10.1. The minimum Gasteiger partial charge on any atom is -0.508 e. The van der Waals surface area contributed by atoms with Crippen LogP contribution in [0.2, 0.25) is 0 Å². The molecule has 0 aliphatic rings. The summed E-state index contributed by atoms with van der Waals surface area (Å²) in [6, 6.07) is 12.6. The smallest absolute Gasteiger partial charge is 0.224 e. The Kier molecular flexibility index (Phi) is 4.13. The van der Waals surface area contributed by atoms with E-state index in [1.807, 2.05) is 6.07 Å². The van der Waals surface area contributed by atoms with Crippen molar-refractivity contribution in [3.05, 3.63) is 65.5 Å². The van der Waals surface area contributed by atoms with E-state index in [4.69, 9.17) is 0 Å². The number of hydrogen-bond acceptors (Lipinski definition) is 2. The molecule has 3 nitrogen and oxygen atoms in total. The predicted octanol–water partition coefficient (Wildman–Crippen LogP) is 2.39. The zero-order chi connectivity index (χ0) is 13.7. The van der Waals surface area contributed by atoms with Crippen molar-refractivity contribution in [2.45, 2.75) is 13.0 Å². The molecule has 2 aromatic rings. The fraction of sp³-hybridized carbons (Fsp3) is 0.133. The number of phenols is 1. The van der Waals surface area contributed by atoms with Crippen molar-refractivity contribution >= 4 is 5.91 Å². The van der Waals surface area contributed by atoms with Crippen LogP contribution in [0.1, 0.15) is 11.1 Å². The van der Waals surface area contributed by atoms with E-state index in [0.29, 0.717) is 12.1 Å². The fourth-order valence-electron chi connectivity index (χ4n) is 1.76. The first-order valence-electron chi connectivity index (χ1n) is 5.92. The third kappa shape index (κ3) is 4.10. The lowest BCUT2D eigenvalue weighted by molar-refractivity contribution is -0.120. The quantitative estimate of drug-likeness (QED) is 0.885. The maximum Gasteiger partial charge on any atom is 0.224 e. The molecule has 98 valence electrons. The SMILES string of the molecule is O=C(Cc1cccc(F)c1)NCc1cccc(O)c1. The van der Waals surface area contributed by atoms with Gasteiger partial charge in [-0.25, -0.2) is 4.39 Å². The number of nitrogens with one attached hydrogen (secondary N) is 1. The molecule has 19 heavy (non-hydrogen) atoms. The Morgan fingerprint density at radius 3 is 2.58 bits per heavy atom. The third-order valence-corrected chi connectivity index (χ3v) is 2.65. The second-order valence-electron chi connectivity index (χ2n) is 4.25. The first-order valence-corrected chi connectivity index (χ1v) is 5.92. The highest BCUT2D eigenvalue weighted by atomic mass is 19.1. The van der Waals surface area contributed by atoms with Crippen molar-refractivity contribution in [1.29, 1.82) is 0 Å². The van der Waals surface area contributed by atoms with Crippen molar-refractivity contribution in [1.82, 2.24) is 5.32 Å². The Bertz CT molecular complexity index is 584. The standard InChI is InChI=1S/C15H14FNO2/c16-13-5-1-3-11(7-13)9-15(19)17-10-12-4-2-6-14(18)8-12/h1-8,18H,9-10H2,(H,17,19). The Morgan fingerprint density at radius 2 is 1.84 bits per heavy atom. The Morgan fingerprint density at radius 1 is 1.11 bits per heavy atom. The summed E-state index contributed by atoms with van der Waals surface area (Å²) in [6.45, 7) is 0.336. The zero-order valence-corrected chi connectivity index (χ0v) is 10.3. The molecule has 0 aliphatic carbocycles. The maximum absolute atomic E-state index is 13.0. The van der Waals surface area contributed by atoms with Gasteiger partial charge in [0.2, 0.25) is 5.91 Å². The molecule has 1 amide bonds. The van der Waals surface area contributed by atoms with Crippen LogP contribution < -0.4 is 5.32 Å². The van der Waals surface area contributed by atoms with E-state index in [9.17, 15) is 14.3 Å². The van der Waals surface area contributed by atoms with Crippen molar-refractivity contribution in [3.8, 4) is 5.75 Å². The van der Waals surface area contributed by atoms with Gasteiger partial charge in [0.15, 0.2) is 0 Å². The number of carbonyl (C=O) groups is 1. The minimum absolute atomic E-state index is 0.135. The number of aromatic hydroxyl groups is 1. The number of amides is 1. The molecule has 0 radical (unpaired) electrons. The van der Waals surface area contributed by atoms with Gasteiger partial charge in [-0.15, -0.1) is 0 Å². The van der Waals surface area contributed by atoms with Gasteiger partial charge >= 0.3 is 0 Å². The van der Waals surface area contributed by atoms with E-state index in [2.05, 4.69) is 5.32 Å². The largest absolute Gasteiger partial charge is 0.508 e. The molecule has 0 heterocycles. The van der Waals surface area contributed by atoms with Crippen LogP contribution in [0.15, 0.2) is 48.5 Å². The second kappa shape index (κ2) is 6.00.